The lowest BCUT2D eigenvalue weighted by molar-refractivity contribution is -0.128. The summed E-state index contributed by atoms with van der Waals surface area (Å²) >= 11 is 1.56. The molecule has 84 valence electrons. The Hall–Kier alpha value is -0.260. The van der Waals surface area contributed by atoms with Gasteiger partial charge in [0, 0.05) is 26.3 Å². The molecule has 2 N–H and O–H groups in total. The molecule has 0 bridgehead atoms. The molecule has 1 atom stereocenters. The summed E-state index contributed by atoms with van der Waals surface area (Å²) in [6.45, 7) is -0.191. The summed E-state index contributed by atoms with van der Waals surface area (Å²) in [6.07, 6.45) is 0.735. The van der Waals surface area contributed by atoms with Crippen molar-refractivity contribution in [2.24, 2.45) is 0 Å². The Bertz CT molecular complexity index is 164. The summed E-state index contributed by atoms with van der Waals surface area (Å²) in [6, 6.07) is 0. The molecule has 0 aliphatic carbocycles. The molecule has 1 unspecified atom stereocenters. The number of carbonyl (C=O) groups is 1. The maximum absolute atomic E-state index is 11.1. The highest BCUT2D eigenvalue weighted by atomic mass is 32.2. The Morgan fingerprint density at radius 1 is 1.50 bits per heavy atom. The maximum atomic E-state index is 11.1. The normalized spacial score (nSPS) is 12.6. The summed E-state index contributed by atoms with van der Waals surface area (Å²) in [5, 5.41) is 17.5. The Kier molecular flexibility index (Phi) is 7.93. The van der Waals surface area contributed by atoms with E-state index < -0.39 is 6.10 Å². The van der Waals surface area contributed by atoms with Crippen LogP contribution in [0.3, 0.4) is 0 Å². The fraction of sp³-hybridized carbons (Fsp3) is 0.889. The fourth-order valence-corrected chi connectivity index (χ4v) is 1.71. The first-order chi connectivity index (χ1) is 6.57. The number of aliphatic hydroxyl groups excluding tert-OH is 2. The van der Waals surface area contributed by atoms with Gasteiger partial charge in [-0.15, -0.1) is 0 Å². The van der Waals surface area contributed by atoms with E-state index in [1.807, 2.05) is 0 Å². The fourth-order valence-electron chi connectivity index (χ4n) is 0.821. The molecular weight excluding hydrogens is 202 g/mol. The first-order valence-electron chi connectivity index (χ1n) is 4.64. The van der Waals surface area contributed by atoms with E-state index in [0.717, 1.165) is 12.2 Å². The third-order valence-corrected chi connectivity index (χ3v) is 2.90. The van der Waals surface area contributed by atoms with Crippen molar-refractivity contribution in [3.63, 3.8) is 0 Å². The van der Waals surface area contributed by atoms with Crippen molar-refractivity contribution < 1.29 is 15.0 Å². The minimum atomic E-state index is -0.635. The van der Waals surface area contributed by atoms with Crippen molar-refractivity contribution in [3.05, 3.63) is 0 Å². The molecule has 4 nitrogen and oxygen atoms in total. The van der Waals surface area contributed by atoms with Crippen LogP contribution in [0.4, 0.5) is 0 Å². The van der Waals surface area contributed by atoms with Gasteiger partial charge < -0.3 is 15.1 Å². The monoisotopic (exact) mass is 221 g/mol. The molecule has 0 aromatic rings. The van der Waals surface area contributed by atoms with Crippen LogP contribution in [-0.2, 0) is 4.79 Å². The summed E-state index contributed by atoms with van der Waals surface area (Å²) < 4.78 is 0. The van der Waals surface area contributed by atoms with Crippen molar-refractivity contribution in [2.75, 3.05) is 32.2 Å². The van der Waals surface area contributed by atoms with E-state index in [4.69, 9.17) is 10.2 Å². The number of hydrogen-bond acceptors (Lipinski definition) is 4. The third kappa shape index (κ3) is 7.17. The van der Waals surface area contributed by atoms with Crippen LogP contribution >= 0.6 is 11.8 Å². The molecule has 0 rings (SSSR count). The third-order valence-electron chi connectivity index (χ3n) is 1.70. The van der Waals surface area contributed by atoms with Gasteiger partial charge in [-0.05, 0) is 12.2 Å². The zero-order valence-corrected chi connectivity index (χ0v) is 9.59. The zero-order valence-electron chi connectivity index (χ0n) is 8.77. The Labute approximate surface area is 89.3 Å². The molecule has 0 aromatic carbocycles. The van der Waals surface area contributed by atoms with E-state index in [-0.39, 0.29) is 12.5 Å². The highest BCUT2D eigenvalue weighted by molar-refractivity contribution is 7.99. The van der Waals surface area contributed by atoms with E-state index in [1.165, 1.54) is 0 Å². The van der Waals surface area contributed by atoms with Crippen molar-refractivity contribution in [2.45, 2.75) is 18.9 Å². The van der Waals surface area contributed by atoms with Crippen LogP contribution in [0.2, 0.25) is 0 Å². The molecule has 1 amide bonds. The van der Waals surface area contributed by atoms with E-state index in [0.29, 0.717) is 12.2 Å². The number of aliphatic hydroxyl groups is 2. The van der Waals surface area contributed by atoms with Crippen LogP contribution < -0.4 is 0 Å². The second-order valence-corrected chi connectivity index (χ2v) is 4.45. The number of amides is 1. The molecule has 0 spiro atoms. The van der Waals surface area contributed by atoms with Gasteiger partial charge in [0.1, 0.15) is 0 Å². The number of carbonyl (C=O) groups excluding carboxylic acids is 1. The van der Waals surface area contributed by atoms with E-state index in [9.17, 15) is 4.79 Å². The summed E-state index contributed by atoms with van der Waals surface area (Å²) in [5.41, 5.74) is 0. The van der Waals surface area contributed by atoms with Gasteiger partial charge in [0.15, 0.2) is 0 Å². The van der Waals surface area contributed by atoms with Crippen LogP contribution in [-0.4, -0.2) is 59.3 Å². The lowest BCUT2D eigenvalue weighted by Crippen LogP contribution is -2.21. The van der Waals surface area contributed by atoms with Crippen molar-refractivity contribution in [3.8, 4) is 0 Å². The molecule has 0 aliphatic heterocycles. The van der Waals surface area contributed by atoms with Gasteiger partial charge in [-0.25, -0.2) is 0 Å². The molecule has 0 heterocycles. The molecule has 0 saturated carbocycles. The lowest BCUT2D eigenvalue weighted by atomic mass is 10.3. The smallest absolute Gasteiger partial charge is 0.222 e. The van der Waals surface area contributed by atoms with Crippen LogP contribution in [0.15, 0.2) is 0 Å². The van der Waals surface area contributed by atoms with Gasteiger partial charge in [0.25, 0.3) is 0 Å². The largest absolute Gasteiger partial charge is 0.394 e. The van der Waals surface area contributed by atoms with E-state index in [2.05, 4.69) is 0 Å². The maximum Gasteiger partial charge on any atom is 0.222 e. The Morgan fingerprint density at radius 2 is 2.14 bits per heavy atom. The summed E-state index contributed by atoms with van der Waals surface area (Å²) in [7, 11) is 3.48. The molecule has 0 aromatic heterocycles. The first-order valence-corrected chi connectivity index (χ1v) is 5.80. The van der Waals surface area contributed by atoms with E-state index >= 15 is 0 Å². The molecule has 0 fully saturated rings. The highest BCUT2D eigenvalue weighted by Crippen LogP contribution is 2.07. The van der Waals surface area contributed by atoms with Crippen molar-refractivity contribution in [1.29, 1.82) is 0 Å². The predicted octanol–water partition coefficient (Wildman–Crippen LogP) is -0.0588. The van der Waals surface area contributed by atoms with Gasteiger partial charge in [-0.1, -0.05) is 0 Å². The lowest BCUT2D eigenvalue weighted by Gasteiger charge is -2.10. The van der Waals surface area contributed by atoms with Gasteiger partial charge in [-0.2, -0.15) is 11.8 Å². The van der Waals surface area contributed by atoms with Crippen molar-refractivity contribution >= 4 is 17.7 Å². The average molecular weight is 221 g/mol. The summed E-state index contributed by atoms with van der Waals surface area (Å²) in [5.74, 6) is 1.51. The number of hydrogen-bond donors (Lipinski definition) is 2. The Morgan fingerprint density at radius 3 is 2.64 bits per heavy atom. The minimum Gasteiger partial charge on any atom is -0.394 e. The van der Waals surface area contributed by atoms with Gasteiger partial charge in [-0.3, -0.25) is 4.79 Å². The standard InChI is InChI=1S/C9H19NO3S/c1-10(2)9(13)4-3-5-14-7-8(12)6-11/h8,11-12H,3-7H2,1-2H3. The second kappa shape index (κ2) is 8.08. The molecule has 5 heteroatoms. The van der Waals surface area contributed by atoms with E-state index in [1.54, 1.807) is 30.8 Å². The molecule has 0 saturated heterocycles. The van der Waals surface area contributed by atoms with Crippen LogP contribution in [0.25, 0.3) is 0 Å². The highest BCUT2D eigenvalue weighted by Gasteiger charge is 2.04. The van der Waals surface area contributed by atoms with Gasteiger partial charge in [0.05, 0.1) is 12.7 Å². The predicted molar refractivity (Wildman–Crippen MR) is 58.3 cm³/mol. The zero-order chi connectivity index (χ0) is 11.0. The summed E-state index contributed by atoms with van der Waals surface area (Å²) in [4.78, 5) is 12.7. The number of thioether (sulfide) groups is 1. The SMILES string of the molecule is CN(C)C(=O)CCCSCC(O)CO. The average Bonchev–Trinajstić information content (AvgIpc) is 2.16. The minimum absolute atomic E-state index is 0.133. The number of rotatable bonds is 7. The first kappa shape index (κ1) is 13.7. The van der Waals surface area contributed by atoms with Crippen molar-refractivity contribution in [1.82, 2.24) is 4.90 Å². The van der Waals surface area contributed by atoms with Crippen LogP contribution in [0, 0.1) is 0 Å². The molecule has 0 radical (unpaired) electrons. The molecule has 14 heavy (non-hydrogen) atoms. The second-order valence-electron chi connectivity index (χ2n) is 3.30. The van der Waals surface area contributed by atoms with Crippen LogP contribution in [0.1, 0.15) is 12.8 Å². The Balaban J connectivity index is 3.26. The van der Waals surface area contributed by atoms with Gasteiger partial charge >= 0.3 is 0 Å². The molecular formula is C9H19NO3S. The topological polar surface area (TPSA) is 60.8 Å². The van der Waals surface area contributed by atoms with Gasteiger partial charge in [0.2, 0.25) is 5.91 Å². The quantitative estimate of drug-likeness (QED) is 0.591. The number of nitrogens with zero attached hydrogens (tertiary/aromatic N) is 1. The van der Waals surface area contributed by atoms with Crippen LogP contribution in [0.5, 0.6) is 0 Å². The molecule has 0 aliphatic rings.